The lowest BCUT2D eigenvalue weighted by Crippen LogP contribution is -2.41. The summed E-state index contributed by atoms with van der Waals surface area (Å²) in [6.45, 7) is 3.65. The van der Waals surface area contributed by atoms with Crippen LogP contribution in [0.15, 0.2) is 0 Å². The highest BCUT2D eigenvalue weighted by Crippen LogP contribution is 2.12. The largest absolute Gasteiger partial charge is 0.481 e. The van der Waals surface area contributed by atoms with Crippen molar-refractivity contribution >= 4 is 11.9 Å². The molecule has 0 radical (unpaired) electrons. The van der Waals surface area contributed by atoms with Gasteiger partial charge >= 0.3 is 11.9 Å². The van der Waals surface area contributed by atoms with Crippen LogP contribution >= 0.6 is 0 Å². The van der Waals surface area contributed by atoms with E-state index in [1.54, 1.807) is 0 Å². The first-order chi connectivity index (χ1) is 7.36. The molecule has 0 saturated carbocycles. The van der Waals surface area contributed by atoms with Crippen molar-refractivity contribution < 1.29 is 19.4 Å². The number of ether oxygens (including phenoxy) is 1. The maximum atomic E-state index is 11.0. The Morgan fingerprint density at radius 1 is 1.38 bits per heavy atom. The predicted molar refractivity (Wildman–Crippen MR) is 58.6 cm³/mol. The number of rotatable bonds is 7. The molecule has 0 spiro atoms. The summed E-state index contributed by atoms with van der Waals surface area (Å²) in [6.07, 6.45) is -0.508. The number of hydrogen-bond acceptors (Lipinski definition) is 5. The molecule has 5 N–H and O–H groups in total. The van der Waals surface area contributed by atoms with E-state index in [-0.39, 0.29) is 13.0 Å². The van der Waals surface area contributed by atoms with E-state index in [2.05, 4.69) is 0 Å². The van der Waals surface area contributed by atoms with Gasteiger partial charge in [-0.3, -0.25) is 9.59 Å². The number of nitrogens with two attached hydrogens (primary N) is 2. The van der Waals surface area contributed by atoms with Gasteiger partial charge in [0, 0.05) is 6.04 Å². The topological polar surface area (TPSA) is 116 Å². The van der Waals surface area contributed by atoms with Crippen molar-refractivity contribution in [2.24, 2.45) is 17.4 Å². The SMILES string of the molecule is CC(C)C[C@H](N)[C@H](CC(=O)O)OC(=O)CN. The summed E-state index contributed by atoms with van der Waals surface area (Å²) in [4.78, 5) is 21.6. The first-order valence-corrected chi connectivity index (χ1v) is 5.23. The molecule has 0 unspecified atom stereocenters. The Kier molecular flexibility index (Phi) is 6.67. The van der Waals surface area contributed by atoms with Crippen molar-refractivity contribution in [2.75, 3.05) is 6.54 Å². The molecule has 6 heteroatoms. The number of aliphatic carboxylic acids is 1. The Hall–Kier alpha value is -1.14. The van der Waals surface area contributed by atoms with Gasteiger partial charge in [0.25, 0.3) is 0 Å². The molecule has 0 aromatic heterocycles. The van der Waals surface area contributed by atoms with Crippen LogP contribution in [-0.2, 0) is 14.3 Å². The van der Waals surface area contributed by atoms with Gasteiger partial charge in [-0.1, -0.05) is 13.8 Å². The second-order valence-electron chi connectivity index (χ2n) is 4.12. The van der Waals surface area contributed by atoms with E-state index in [9.17, 15) is 9.59 Å². The molecular formula is C10H20N2O4. The Bertz CT molecular complexity index is 243. The highest BCUT2D eigenvalue weighted by Gasteiger charge is 2.25. The smallest absolute Gasteiger partial charge is 0.320 e. The number of esters is 1. The number of carbonyl (C=O) groups excluding carboxylic acids is 1. The molecule has 0 aliphatic heterocycles. The van der Waals surface area contributed by atoms with Crippen LogP contribution in [0.4, 0.5) is 0 Å². The minimum absolute atomic E-state index is 0.273. The van der Waals surface area contributed by atoms with Crippen LogP contribution in [0.5, 0.6) is 0 Å². The summed E-state index contributed by atoms with van der Waals surface area (Å²) in [7, 11) is 0. The van der Waals surface area contributed by atoms with Crippen LogP contribution in [0.1, 0.15) is 26.7 Å². The number of carboxylic acids is 1. The van der Waals surface area contributed by atoms with Crippen molar-refractivity contribution in [1.29, 1.82) is 0 Å². The zero-order chi connectivity index (χ0) is 12.7. The Balaban J connectivity index is 4.39. The predicted octanol–water partition coefficient (Wildman–Crippen LogP) is -0.295. The second kappa shape index (κ2) is 7.19. The third kappa shape index (κ3) is 6.36. The van der Waals surface area contributed by atoms with Gasteiger partial charge in [0.1, 0.15) is 6.10 Å². The Morgan fingerprint density at radius 3 is 2.31 bits per heavy atom. The van der Waals surface area contributed by atoms with Crippen LogP contribution in [0, 0.1) is 5.92 Å². The van der Waals surface area contributed by atoms with Gasteiger partial charge < -0.3 is 21.3 Å². The third-order valence-electron chi connectivity index (χ3n) is 2.05. The van der Waals surface area contributed by atoms with E-state index in [0.717, 1.165) is 0 Å². The lowest BCUT2D eigenvalue weighted by atomic mass is 9.98. The quantitative estimate of drug-likeness (QED) is 0.519. The molecule has 94 valence electrons. The standard InChI is InChI=1S/C10H20N2O4/c1-6(2)3-7(12)8(4-9(13)14)16-10(15)5-11/h6-8H,3-5,11-12H2,1-2H3,(H,13,14)/t7-,8-/m0/s1. The first kappa shape index (κ1) is 14.9. The fourth-order valence-electron chi connectivity index (χ4n) is 1.37. The van der Waals surface area contributed by atoms with Crippen molar-refractivity contribution in [1.82, 2.24) is 0 Å². The van der Waals surface area contributed by atoms with Crippen LogP contribution in [0.2, 0.25) is 0 Å². The molecule has 0 amide bonds. The summed E-state index contributed by atoms with van der Waals surface area (Å²) in [5.41, 5.74) is 10.9. The minimum Gasteiger partial charge on any atom is -0.481 e. The summed E-state index contributed by atoms with van der Waals surface area (Å²) in [5.74, 6) is -1.37. The molecular weight excluding hydrogens is 212 g/mol. The summed E-state index contributed by atoms with van der Waals surface area (Å²) in [6, 6.07) is -0.480. The van der Waals surface area contributed by atoms with Gasteiger partial charge in [-0.15, -0.1) is 0 Å². The molecule has 16 heavy (non-hydrogen) atoms. The molecule has 0 heterocycles. The number of carbonyl (C=O) groups is 2. The molecule has 0 saturated heterocycles. The minimum atomic E-state index is -1.05. The molecule has 2 atom stereocenters. The normalized spacial score (nSPS) is 14.6. The highest BCUT2D eigenvalue weighted by atomic mass is 16.5. The number of hydrogen-bond donors (Lipinski definition) is 3. The second-order valence-corrected chi connectivity index (χ2v) is 4.12. The van der Waals surface area contributed by atoms with Crippen molar-refractivity contribution in [3.05, 3.63) is 0 Å². The molecule has 0 fully saturated rings. The van der Waals surface area contributed by atoms with Crippen LogP contribution in [-0.4, -0.2) is 35.7 Å². The van der Waals surface area contributed by atoms with Gasteiger partial charge in [-0.2, -0.15) is 0 Å². The monoisotopic (exact) mass is 232 g/mol. The molecule has 0 aromatic rings. The molecule has 0 aromatic carbocycles. The third-order valence-corrected chi connectivity index (χ3v) is 2.05. The molecule has 0 rings (SSSR count). The van der Waals surface area contributed by atoms with Crippen molar-refractivity contribution in [3.8, 4) is 0 Å². The van der Waals surface area contributed by atoms with E-state index < -0.39 is 24.1 Å². The molecule has 0 aliphatic carbocycles. The summed E-state index contributed by atoms with van der Waals surface area (Å²) >= 11 is 0. The van der Waals surface area contributed by atoms with Gasteiger partial charge in [0.15, 0.2) is 0 Å². The zero-order valence-corrected chi connectivity index (χ0v) is 9.68. The lowest BCUT2D eigenvalue weighted by Gasteiger charge is -2.23. The van der Waals surface area contributed by atoms with E-state index in [1.165, 1.54) is 0 Å². The van der Waals surface area contributed by atoms with Crippen LogP contribution in [0.3, 0.4) is 0 Å². The first-order valence-electron chi connectivity index (χ1n) is 5.23. The van der Waals surface area contributed by atoms with E-state index in [4.69, 9.17) is 21.3 Å². The lowest BCUT2D eigenvalue weighted by molar-refractivity contribution is -0.152. The van der Waals surface area contributed by atoms with Gasteiger partial charge in [-0.25, -0.2) is 0 Å². The fraction of sp³-hybridized carbons (Fsp3) is 0.800. The van der Waals surface area contributed by atoms with Gasteiger partial charge in [-0.05, 0) is 12.3 Å². The molecule has 0 aliphatic rings. The van der Waals surface area contributed by atoms with Crippen molar-refractivity contribution in [2.45, 2.75) is 38.8 Å². The Morgan fingerprint density at radius 2 is 1.94 bits per heavy atom. The highest BCUT2D eigenvalue weighted by molar-refractivity contribution is 5.73. The van der Waals surface area contributed by atoms with E-state index >= 15 is 0 Å². The average Bonchev–Trinajstić information content (AvgIpc) is 2.14. The zero-order valence-electron chi connectivity index (χ0n) is 9.68. The van der Waals surface area contributed by atoms with E-state index in [0.29, 0.717) is 12.3 Å². The Labute approximate surface area is 94.9 Å². The van der Waals surface area contributed by atoms with Crippen LogP contribution in [0.25, 0.3) is 0 Å². The average molecular weight is 232 g/mol. The van der Waals surface area contributed by atoms with Crippen molar-refractivity contribution in [3.63, 3.8) is 0 Å². The van der Waals surface area contributed by atoms with Gasteiger partial charge in [0.05, 0.1) is 13.0 Å². The summed E-state index contributed by atoms with van der Waals surface area (Å²) < 4.78 is 4.90. The number of carboxylic acid groups (broad SMARTS) is 1. The molecule has 6 nitrogen and oxygen atoms in total. The maximum Gasteiger partial charge on any atom is 0.320 e. The maximum absolute atomic E-state index is 11.0. The fourth-order valence-corrected chi connectivity index (χ4v) is 1.37. The van der Waals surface area contributed by atoms with Gasteiger partial charge in [0.2, 0.25) is 0 Å². The van der Waals surface area contributed by atoms with Crippen LogP contribution < -0.4 is 11.5 Å². The summed E-state index contributed by atoms with van der Waals surface area (Å²) in [5, 5.41) is 8.67. The van der Waals surface area contributed by atoms with E-state index in [1.807, 2.05) is 13.8 Å². The molecule has 0 bridgehead atoms.